The number of methoxy groups -OCH3 is 1. The standard InChI is InChI=1S/C22H18Cl2N2O4S/c1-13-3-5-15(22(27)30-2)10-19(13)25-12-14-4-8-21(20(9-14)26(28)29)31-16-6-7-17(23)18(24)11-16/h3-11,25H,12H2,1-2H3. The molecule has 0 unspecified atom stereocenters. The first-order valence-electron chi connectivity index (χ1n) is 9.11. The number of carbonyl (C=O) groups excluding carboxylic acids is 1. The molecule has 31 heavy (non-hydrogen) atoms. The maximum Gasteiger partial charge on any atom is 0.337 e. The van der Waals surface area contributed by atoms with Gasteiger partial charge in [-0.2, -0.15) is 0 Å². The number of benzene rings is 3. The van der Waals surface area contributed by atoms with Crippen molar-refractivity contribution in [3.05, 3.63) is 91.4 Å². The lowest BCUT2D eigenvalue weighted by molar-refractivity contribution is -0.387. The van der Waals surface area contributed by atoms with E-state index in [4.69, 9.17) is 27.9 Å². The quantitative estimate of drug-likeness (QED) is 0.230. The fourth-order valence-electron chi connectivity index (χ4n) is 2.82. The lowest BCUT2D eigenvalue weighted by Gasteiger charge is -2.12. The van der Waals surface area contributed by atoms with E-state index >= 15 is 0 Å². The molecule has 0 aliphatic carbocycles. The second kappa shape index (κ2) is 10.0. The van der Waals surface area contributed by atoms with Crippen molar-refractivity contribution in [2.45, 2.75) is 23.3 Å². The van der Waals surface area contributed by atoms with Gasteiger partial charge in [-0.1, -0.05) is 47.1 Å². The molecule has 0 radical (unpaired) electrons. The minimum absolute atomic E-state index is 0.00425. The van der Waals surface area contributed by atoms with E-state index in [1.807, 2.05) is 19.1 Å². The van der Waals surface area contributed by atoms with Gasteiger partial charge in [0.25, 0.3) is 5.69 Å². The van der Waals surface area contributed by atoms with Gasteiger partial charge in [0.15, 0.2) is 0 Å². The molecule has 0 saturated carbocycles. The maximum atomic E-state index is 11.8. The van der Waals surface area contributed by atoms with Gasteiger partial charge < -0.3 is 10.1 Å². The summed E-state index contributed by atoms with van der Waals surface area (Å²) in [5.41, 5.74) is 2.84. The van der Waals surface area contributed by atoms with E-state index in [9.17, 15) is 14.9 Å². The molecule has 1 N–H and O–H groups in total. The molecule has 0 spiro atoms. The van der Waals surface area contributed by atoms with Crippen molar-refractivity contribution in [2.24, 2.45) is 0 Å². The van der Waals surface area contributed by atoms with Crippen molar-refractivity contribution in [1.29, 1.82) is 0 Å². The second-order valence-corrected chi connectivity index (χ2v) is 8.54. The highest BCUT2D eigenvalue weighted by Crippen LogP contribution is 2.37. The van der Waals surface area contributed by atoms with Crippen LogP contribution < -0.4 is 5.32 Å². The molecule has 0 fully saturated rings. The van der Waals surface area contributed by atoms with Gasteiger partial charge in [0.2, 0.25) is 0 Å². The molecule has 9 heteroatoms. The molecule has 0 atom stereocenters. The van der Waals surface area contributed by atoms with Gasteiger partial charge in [-0.25, -0.2) is 4.79 Å². The molecule has 0 saturated heterocycles. The Balaban J connectivity index is 1.80. The van der Waals surface area contributed by atoms with Crippen LogP contribution in [-0.4, -0.2) is 18.0 Å². The average molecular weight is 477 g/mol. The Hall–Kier alpha value is -2.74. The van der Waals surface area contributed by atoms with E-state index in [0.29, 0.717) is 27.0 Å². The van der Waals surface area contributed by atoms with E-state index in [1.54, 1.807) is 36.4 Å². The zero-order valence-electron chi connectivity index (χ0n) is 16.6. The Kier molecular flexibility index (Phi) is 7.43. The first kappa shape index (κ1) is 22.9. The maximum absolute atomic E-state index is 11.8. The van der Waals surface area contributed by atoms with Crippen molar-refractivity contribution in [3.63, 3.8) is 0 Å². The Morgan fingerprint density at radius 3 is 2.55 bits per heavy atom. The number of nitro benzene ring substituents is 1. The SMILES string of the molecule is COC(=O)c1ccc(C)c(NCc2ccc(Sc3ccc(Cl)c(Cl)c3)c([N+](=O)[O-])c2)c1. The topological polar surface area (TPSA) is 81.5 Å². The smallest absolute Gasteiger partial charge is 0.337 e. The predicted octanol–water partition coefficient (Wildman–Crippen LogP) is 6.76. The minimum Gasteiger partial charge on any atom is -0.465 e. The third-order valence-corrected chi connectivity index (χ3v) is 6.27. The number of rotatable bonds is 7. The molecule has 0 aromatic heterocycles. The zero-order valence-corrected chi connectivity index (χ0v) is 19.0. The molecule has 3 aromatic carbocycles. The number of carbonyl (C=O) groups is 1. The van der Waals surface area contributed by atoms with Gasteiger partial charge in [-0.3, -0.25) is 10.1 Å². The number of anilines is 1. The number of nitrogens with zero attached hydrogens (tertiary/aromatic N) is 1. The molecule has 0 bridgehead atoms. The largest absolute Gasteiger partial charge is 0.465 e. The Bertz CT molecular complexity index is 1150. The first-order chi connectivity index (χ1) is 14.8. The molecule has 0 heterocycles. The van der Waals surface area contributed by atoms with Crippen molar-refractivity contribution in [3.8, 4) is 0 Å². The highest BCUT2D eigenvalue weighted by Gasteiger charge is 2.17. The molecular formula is C22H18Cl2N2O4S. The van der Waals surface area contributed by atoms with Gasteiger partial charge in [0, 0.05) is 23.2 Å². The van der Waals surface area contributed by atoms with Crippen LogP contribution in [-0.2, 0) is 11.3 Å². The highest BCUT2D eigenvalue weighted by atomic mass is 35.5. The third-order valence-electron chi connectivity index (χ3n) is 4.48. The van der Waals surface area contributed by atoms with E-state index in [1.165, 1.54) is 24.9 Å². The van der Waals surface area contributed by atoms with Crippen LogP contribution in [0.25, 0.3) is 0 Å². The van der Waals surface area contributed by atoms with Crippen molar-refractivity contribution < 1.29 is 14.5 Å². The van der Waals surface area contributed by atoms with Crippen LogP contribution in [0.4, 0.5) is 11.4 Å². The molecule has 6 nitrogen and oxygen atoms in total. The normalized spacial score (nSPS) is 10.6. The Morgan fingerprint density at radius 1 is 1.10 bits per heavy atom. The number of ether oxygens (including phenoxy) is 1. The summed E-state index contributed by atoms with van der Waals surface area (Å²) >= 11 is 13.2. The highest BCUT2D eigenvalue weighted by molar-refractivity contribution is 7.99. The molecule has 3 rings (SSSR count). The lowest BCUT2D eigenvalue weighted by atomic mass is 10.1. The Labute approximate surface area is 193 Å². The summed E-state index contributed by atoms with van der Waals surface area (Å²) in [5, 5.41) is 15.7. The fourth-order valence-corrected chi connectivity index (χ4v) is 4.13. The predicted molar refractivity (Wildman–Crippen MR) is 124 cm³/mol. The summed E-state index contributed by atoms with van der Waals surface area (Å²) in [6.07, 6.45) is 0. The number of hydrogen-bond acceptors (Lipinski definition) is 6. The summed E-state index contributed by atoms with van der Waals surface area (Å²) in [6.45, 7) is 2.26. The van der Waals surface area contributed by atoms with Crippen LogP contribution in [0, 0.1) is 17.0 Å². The van der Waals surface area contributed by atoms with Crippen LogP contribution >= 0.6 is 35.0 Å². The number of hydrogen-bond donors (Lipinski definition) is 1. The number of halogens is 2. The van der Waals surface area contributed by atoms with Crippen molar-refractivity contribution in [2.75, 3.05) is 12.4 Å². The number of nitrogens with one attached hydrogen (secondary N) is 1. The summed E-state index contributed by atoms with van der Waals surface area (Å²) in [7, 11) is 1.33. The fraction of sp³-hybridized carbons (Fsp3) is 0.136. The molecule has 3 aromatic rings. The van der Waals surface area contributed by atoms with Gasteiger partial charge in [0.05, 0.1) is 32.5 Å². The summed E-state index contributed by atoms with van der Waals surface area (Å²) in [5.74, 6) is -0.428. The van der Waals surface area contributed by atoms with Gasteiger partial charge in [-0.05, 0) is 54.4 Å². The van der Waals surface area contributed by atoms with Gasteiger partial charge in [-0.15, -0.1) is 0 Å². The number of esters is 1. The van der Waals surface area contributed by atoms with E-state index in [-0.39, 0.29) is 5.69 Å². The molecule has 0 aliphatic rings. The van der Waals surface area contributed by atoms with Crippen LogP contribution in [0.5, 0.6) is 0 Å². The first-order valence-corrected chi connectivity index (χ1v) is 10.7. The van der Waals surface area contributed by atoms with Crippen LogP contribution in [0.1, 0.15) is 21.5 Å². The summed E-state index contributed by atoms with van der Waals surface area (Å²) in [4.78, 5) is 24.2. The van der Waals surface area contributed by atoms with E-state index in [2.05, 4.69) is 5.32 Å². The number of nitro groups is 1. The molecule has 0 aliphatic heterocycles. The van der Waals surface area contributed by atoms with Crippen molar-refractivity contribution >= 4 is 52.3 Å². The monoisotopic (exact) mass is 476 g/mol. The van der Waals surface area contributed by atoms with Crippen LogP contribution in [0.2, 0.25) is 10.0 Å². The van der Waals surface area contributed by atoms with E-state index in [0.717, 1.165) is 21.7 Å². The van der Waals surface area contributed by atoms with Gasteiger partial charge >= 0.3 is 5.97 Å². The molecule has 160 valence electrons. The molecule has 0 amide bonds. The zero-order chi connectivity index (χ0) is 22.5. The minimum atomic E-state index is -0.428. The van der Waals surface area contributed by atoms with Crippen LogP contribution in [0.3, 0.4) is 0 Å². The van der Waals surface area contributed by atoms with Crippen molar-refractivity contribution in [1.82, 2.24) is 0 Å². The summed E-state index contributed by atoms with van der Waals surface area (Å²) in [6, 6.07) is 15.3. The van der Waals surface area contributed by atoms with Crippen LogP contribution in [0.15, 0.2) is 64.4 Å². The third kappa shape index (κ3) is 5.70. The van der Waals surface area contributed by atoms with E-state index < -0.39 is 10.9 Å². The number of aryl methyl sites for hydroxylation is 1. The van der Waals surface area contributed by atoms with Gasteiger partial charge in [0.1, 0.15) is 0 Å². The Morgan fingerprint density at radius 2 is 1.87 bits per heavy atom. The lowest BCUT2D eigenvalue weighted by Crippen LogP contribution is -2.06. The summed E-state index contributed by atoms with van der Waals surface area (Å²) < 4.78 is 4.75. The molecular weight excluding hydrogens is 459 g/mol. The average Bonchev–Trinajstić information content (AvgIpc) is 2.75. The second-order valence-electron chi connectivity index (χ2n) is 6.61.